The zero-order chi connectivity index (χ0) is 20.6. The number of cyclic esters (lactones) is 1. The molecule has 1 unspecified atom stereocenters. The molecule has 29 heavy (non-hydrogen) atoms. The third kappa shape index (κ3) is 3.20. The summed E-state index contributed by atoms with van der Waals surface area (Å²) in [7, 11) is 0. The van der Waals surface area contributed by atoms with Crippen molar-refractivity contribution in [1.29, 1.82) is 0 Å². The number of amides is 2. The molecule has 2 saturated heterocycles. The van der Waals surface area contributed by atoms with Crippen LogP contribution < -0.4 is 0 Å². The number of likely N-dealkylation sites (tertiary alicyclic amines) is 1. The van der Waals surface area contributed by atoms with Gasteiger partial charge in [-0.3, -0.25) is 14.4 Å². The highest BCUT2D eigenvalue weighted by Crippen LogP contribution is 2.60. The zero-order valence-corrected chi connectivity index (χ0v) is 17.5. The number of thioether (sulfide) groups is 1. The average Bonchev–Trinajstić information content (AvgIpc) is 3.06. The molecule has 0 aliphatic carbocycles. The first kappa shape index (κ1) is 20.5. The van der Waals surface area contributed by atoms with Crippen molar-refractivity contribution in [3.63, 3.8) is 0 Å². The van der Waals surface area contributed by atoms with E-state index in [1.54, 1.807) is 4.90 Å². The number of esters is 1. The van der Waals surface area contributed by atoms with Crippen molar-refractivity contribution in [2.75, 3.05) is 32.8 Å². The molecule has 0 radical (unpaired) electrons. The van der Waals surface area contributed by atoms with Gasteiger partial charge in [0.05, 0.1) is 29.8 Å². The van der Waals surface area contributed by atoms with E-state index in [1.165, 1.54) is 16.7 Å². The van der Waals surface area contributed by atoms with Crippen LogP contribution in [-0.2, 0) is 19.1 Å². The lowest BCUT2D eigenvalue weighted by molar-refractivity contribution is -0.153. The van der Waals surface area contributed by atoms with Crippen LogP contribution in [0.4, 0.5) is 0 Å². The zero-order valence-electron chi connectivity index (χ0n) is 16.7. The molecule has 2 fully saturated rings. The molecule has 1 spiro atoms. The van der Waals surface area contributed by atoms with E-state index in [-0.39, 0.29) is 36.2 Å². The van der Waals surface area contributed by atoms with Crippen LogP contribution in [0.1, 0.15) is 26.2 Å². The number of fused-ring (bicyclic) bond motifs is 2. The summed E-state index contributed by atoms with van der Waals surface area (Å²) in [6, 6.07) is -0.706. The molecule has 4 aliphatic heterocycles. The second-order valence-electron chi connectivity index (χ2n) is 8.02. The highest BCUT2D eigenvalue weighted by atomic mass is 32.2. The van der Waals surface area contributed by atoms with Crippen LogP contribution in [0.2, 0.25) is 0 Å². The van der Waals surface area contributed by atoms with E-state index >= 15 is 0 Å². The summed E-state index contributed by atoms with van der Waals surface area (Å²) in [5.41, 5.74) is 0. The van der Waals surface area contributed by atoms with Crippen molar-refractivity contribution in [1.82, 2.24) is 9.80 Å². The predicted octanol–water partition coefficient (Wildman–Crippen LogP) is 0.978. The van der Waals surface area contributed by atoms with Crippen LogP contribution in [0.25, 0.3) is 0 Å². The molecule has 158 valence electrons. The number of unbranched alkanes of at least 4 members (excludes halogenated alkanes) is 1. The Balaban J connectivity index is 1.78. The Hall–Kier alpha value is -1.80. The van der Waals surface area contributed by atoms with E-state index < -0.39 is 22.6 Å². The van der Waals surface area contributed by atoms with Gasteiger partial charge in [0.25, 0.3) is 0 Å². The monoisotopic (exact) mass is 420 g/mol. The van der Waals surface area contributed by atoms with Crippen molar-refractivity contribution < 1.29 is 24.2 Å². The quantitative estimate of drug-likeness (QED) is 0.527. The van der Waals surface area contributed by atoms with E-state index in [2.05, 4.69) is 6.92 Å². The second kappa shape index (κ2) is 8.14. The minimum atomic E-state index is -0.812. The fourth-order valence-corrected chi connectivity index (χ4v) is 7.05. The number of carbonyl (C=O) groups excluding carboxylic acids is 3. The van der Waals surface area contributed by atoms with Crippen LogP contribution >= 0.6 is 11.8 Å². The lowest BCUT2D eigenvalue weighted by atomic mass is 9.78. The van der Waals surface area contributed by atoms with Gasteiger partial charge in [-0.25, -0.2) is 0 Å². The Labute approximate surface area is 175 Å². The number of aliphatic hydroxyl groups is 1. The molecular weight excluding hydrogens is 392 g/mol. The number of β-amino-alcohol motifs (C(OH)–C–C–N with tert-alkyl or cyclic N) is 1. The summed E-state index contributed by atoms with van der Waals surface area (Å²) in [6.45, 7) is 3.39. The van der Waals surface area contributed by atoms with E-state index in [9.17, 15) is 19.5 Å². The Kier molecular flexibility index (Phi) is 5.75. The van der Waals surface area contributed by atoms with Gasteiger partial charge in [-0.1, -0.05) is 37.6 Å². The molecule has 4 rings (SSSR count). The van der Waals surface area contributed by atoms with E-state index in [0.717, 1.165) is 12.8 Å². The van der Waals surface area contributed by atoms with E-state index in [1.807, 2.05) is 24.3 Å². The highest BCUT2D eigenvalue weighted by Gasteiger charge is 2.70. The number of nitrogens with zero attached hydrogens (tertiary/aromatic N) is 2. The van der Waals surface area contributed by atoms with Crippen molar-refractivity contribution in [2.45, 2.75) is 42.2 Å². The number of hydrogen-bond acceptors (Lipinski definition) is 6. The smallest absolute Gasteiger partial charge is 0.311 e. The number of ether oxygens (including phenoxy) is 1. The SMILES string of the molecule is CCCCN1CC=C[C@]23S[C@@H]4C=CCCOC(=O)[C@@H]4[C@H]2C(=O)N(CCO)C3C1=O. The largest absolute Gasteiger partial charge is 0.465 e. The van der Waals surface area contributed by atoms with Gasteiger partial charge in [-0.15, -0.1) is 11.8 Å². The molecule has 1 N–H and O–H groups in total. The van der Waals surface area contributed by atoms with Gasteiger partial charge in [0.1, 0.15) is 6.04 Å². The highest BCUT2D eigenvalue weighted by molar-refractivity contribution is 8.02. The minimum Gasteiger partial charge on any atom is -0.465 e. The molecule has 7 nitrogen and oxygen atoms in total. The van der Waals surface area contributed by atoms with Crippen LogP contribution in [0.3, 0.4) is 0 Å². The number of rotatable bonds is 5. The van der Waals surface area contributed by atoms with Gasteiger partial charge in [0.15, 0.2) is 0 Å². The summed E-state index contributed by atoms with van der Waals surface area (Å²) in [6.07, 6.45) is 10.5. The Morgan fingerprint density at radius 2 is 2.07 bits per heavy atom. The molecule has 0 saturated carbocycles. The van der Waals surface area contributed by atoms with Crippen molar-refractivity contribution in [3.8, 4) is 0 Å². The molecule has 2 amide bonds. The summed E-state index contributed by atoms with van der Waals surface area (Å²) in [4.78, 5) is 43.2. The standard InChI is InChI=1S/C21H28N2O5S/c1-2-3-9-22-10-6-8-21-16(18(25)23(11-12-24)17(21)19(22)26)15-14(29-21)7-4-5-13-28-20(15)27/h4,6-8,14-17,24H,2-3,5,9-13H2,1H3/t14-,15+,16+,17?,21+/m1/s1. The molecule has 0 aromatic carbocycles. The molecule has 0 aromatic heterocycles. The van der Waals surface area contributed by atoms with Crippen LogP contribution in [0.5, 0.6) is 0 Å². The Bertz CT molecular complexity index is 753. The number of hydrogen-bond donors (Lipinski definition) is 1. The summed E-state index contributed by atoms with van der Waals surface area (Å²) >= 11 is 1.53. The van der Waals surface area contributed by atoms with Crippen molar-refractivity contribution in [2.24, 2.45) is 11.8 Å². The molecule has 4 aliphatic rings. The number of carbonyl (C=O) groups is 3. The normalized spacial score (nSPS) is 36.3. The second-order valence-corrected chi connectivity index (χ2v) is 9.51. The van der Waals surface area contributed by atoms with Crippen molar-refractivity contribution >= 4 is 29.5 Å². The molecule has 5 atom stereocenters. The van der Waals surface area contributed by atoms with E-state index in [4.69, 9.17) is 4.74 Å². The fraction of sp³-hybridized carbons (Fsp3) is 0.667. The third-order valence-corrected chi connectivity index (χ3v) is 8.07. The third-order valence-electron chi connectivity index (χ3n) is 6.33. The molecule has 0 bridgehead atoms. The van der Waals surface area contributed by atoms with E-state index in [0.29, 0.717) is 26.1 Å². The maximum absolute atomic E-state index is 13.6. The first-order valence-corrected chi connectivity index (χ1v) is 11.3. The minimum absolute atomic E-state index is 0.0891. The topological polar surface area (TPSA) is 87.2 Å². The van der Waals surface area contributed by atoms with Gasteiger partial charge >= 0.3 is 5.97 Å². The molecular formula is C21H28N2O5S. The Morgan fingerprint density at radius 1 is 1.24 bits per heavy atom. The lowest BCUT2D eigenvalue weighted by Crippen LogP contribution is -2.53. The molecule has 4 heterocycles. The molecule has 0 aromatic rings. The first-order chi connectivity index (χ1) is 14.0. The fourth-order valence-electron chi connectivity index (χ4n) is 5.05. The van der Waals surface area contributed by atoms with Gasteiger partial charge in [-0.05, 0) is 12.8 Å². The van der Waals surface area contributed by atoms with Crippen LogP contribution in [-0.4, -0.2) is 81.6 Å². The maximum atomic E-state index is 13.6. The van der Waals surface area contributed by atoms with Crippen LogP contribution in [0, 0.1) is 11.8 Å². The number of aliphatic hydroxyl groups excluding tert-OH is 1. The van der Waals surface area contributed by atoms with Gasteiger partial charge in [0.2, 0.25) is 11.8 Å². The predicted molar refractivity (Wildman–Crippen MR) is 109 cm³/mol. The Morgan fingerprint density at radius 3 is 2.83 bits per heavy atom. The lowest BCUT2D eigenvalue weighted by Gasteiger charge is -2.35. The molecule has 8 heteroatoms. The summed E-state index contributed by atoms with van der Waals surface area (Å²) in [5.74, 6) is -1.96. The summed E-state index contributed by atoms with van der Waals surface area (Å²) < 4.78 is 4.60. The van der Waals surface area contributed by atoms with Gasteiger partial charge < -0.3 is 19.6 Å². The summed E-state index contributed by atoms with van der Waals surface area (Å²) in [5, 5.41) is 9.38. The van der Waals surface area contributed by atoms with Gasteiger partial charge in [0, 0.05) is 24.9 Å². The van der Waals surface area contributed by atoms with Crippen LogP contribution in [0.15, 0.2) is 24.3 Å². The first-order valence-electron chi connectivity index (χ1n) is 10.4. The maximum Gasteiger partial charge on any atom is 0.311 e. The van der Waals surface area contributed by atoms with Crippen molar-refractivity contribution in [3.05, 3.63) is 24.3 Å². The van der Waals surface area contributed by atoms with Gasteiger partial charge in [-0.2, -0.15) is 0 Å². The average molecular weight is 421 g/mol.